The van der Waals surface area contributed by atoms with E-state index in [9.17, 15) is 9.59 Å². The molecular formula is C19H18N4O4. The monoisotopic (exact) mass is 366 g/mol. The minimum absolute atomic E-state index is 0.0412. The Morgan fingerprint density at radius 1 is 1.22 bits per heavy atom. The van der Waals surface area contributed by atoms with Crippen LogP contribution in [0.5, 0.6) is 0 Å². The highest BCUT2D eigenvalue weighted by atomic mass is 16.6. The third kappa shape index (κ3) is 3.74. The van der Waals surface area contributed by atoms with Crippen LogP contribution in [-0.2, 0) is 30.9 Å². The number of aromatic nitrogens is 3. The molecule has 138 valence electrons. The van der Waals surface area contributed by atoms with Crippen LogP contribution in [0.15, 0.2) is 58.3 Å². The maximum absolute atomic E-state index is 12.8. The first-order valence-corrected chi connectivity index (χ1v) is 8.62. The first-order chi connectivity index (χ1) is 13.2. The van der Waals surface area contributed by atoms with Crippen molar-refractivity contribution in [1.82, 2.24) is 19.4 Å². The van der Waals surface area contributed by atoms with Crippen LogP contribution < -0.4 is 5.56 Å². The van der Waals surface area contributed by atoms with Crippen molar-refractivity contribution in [2.45, 2.75) is 26.1 Å². The van der Waals surface area contributed by atoms with Crippen molar-refractivity contribution in [3.05, 3.63) is 82.2 Å². The van der Waals surface area contributed by atoms with Crippen LogP contribution in [0.3, 0.4) is 0 Å². The van der Waals surface area contributed by atoms with E-state index in [0.717, 1.165) is 11.3 Å². The molecule has 0 N–H and O–H groups in total. The van der Waals surface area contributed by atoms with Gasteiger partial charge in [0.25, 0.3) is 5.56 Å². The Bertz CT molecular complexity index is 983. The average Bonchev–Trinajstić information content (AvgIpc) is 3.22. The first-order valence-electron chi connectivity index (χ1n) is 8.62. The first kappa shape index (κ1) is 17.0. The third-order valence-electron chi connectivity index (χ3n) is 4.44. The molecule has 4 rings (SSSR count). The van der Waals surface area contributed by atoms with Crippen molar-refractivity contribution in [3.63, 3.8) is 0 Å². The van der Waals surface area contributed by atoms with Gasteiger partial charge in [0.15, 0.2) is 6.61 Å². The fraction of sp³-hybridized carbons (Fsp3) is 0.263. The molecule has 0 fully saturated rings. The molecule has 0 radical (unpaired) electrons. The van der Waals surface area contributed by atoms with Gasteiger partial charge in [0.2, 0.25) is 5.89 Å². The van der Waals surface area contributed by atoms with Gasteiger partial charge in [-0.25, -0.2) is 14.8 Å². The van der Waals surface area contributed by atoms with Gasteiger partial charge in [-0.15, -0.1) is 0 Å². The van der Waals surface area contributed by atoms with Gasteiger partial charge in [-0.3, -0.25) is 9.36 Å². The van der Waals surface area contributed by atoms with Crippen molar-refractivity contribution >= 4 is 6.09 Å². The van der Waals surface area contributed by atoms with Crippen LogP contribution in [-0.4, -0.2) is 32.1 Å². The van der Waals surface area contributed by atoms with Crippen molar-refractivity contribution in [3.8, 4) is 0 Å². The second-order valence-corrected chi connectivity index (χ2v) is 6.24. The fourth-order valence-electron chi connectivity index (χ4n) is 3.04. The van der Waals surface area contributed by atoms with Crippen LogP contribution in [0.1, 0.15) is 22.7 Å². The molecule has 1 aliphatic heterocycles. The predicted octanol–water partition coefficient (Wildman–Crippen LogP) is 1.97. The second-order valence-electron chi connectivity index (χ2n) is 6.24. The highest BCUT2D eigenvalue weighted by molar-refractivity contribution is 5.68. The predicted molar refractivity (Wildman–Crippen MR) is 94.8 cm³/mol. The van der Waals surface area contributed by atoms with Gasteiger partial charge < -0.3 is 14.1 Å². The number of benzene rings is 1. The lowest BCUT2D eigenvalue weighted by molar-refractivity contribution is 0.0838. The van der Waals surface area contributed by atoms with Crippen molar-refractivity contribution in [1.29, 1.82) is 0 Å². The van der Waals surface area contributed by atoms with E-state index in [1.54, 1.807) is 10.9 Å². The number of fused-ring (bicyclic) bond motifs is 1. The van der Waals surface area contributed by atoms with Gasteiger partial charge in [-0.2, -0.15) is 0 Å². The summed E-state index contributed by atoms with van der Waals surface area (Å²) in [6.07, 6.45) is 4.49. The highest BCUT2D eigenvalue weighted by Crippen LogP contribution is 2.15. The van der Waals surface area contributed by atoms with Gasteiger partial charge in [0.1, 0.15) is 6.26 Å². The van der Waals surface area contributed by atoms with E-state index < -0.39 is 6.09 Å². The number of ether oxygens (including phenoxy) is 1. The second kappa shape index (κ2) is 7.45. The molecular weight excluding hydrogens is 348 g/mol. The molecule has 0 aliphatic carbocycles. The smallest absolute Gasteiger partial charge is 0.410 e. The zero-order valence-electron chi connectivity index (χ0n) is 14.6. The Labute approximate surface area is 155 Å². The Kier molecular flexibility index (Phi) is 4.69. The summed E-state index contributed by atoms with van der Waals surface area (Å²) in [6.45, 7) is 1.03. The van der Waals surface area contributed by atoms with E-state index in [2.05, 4.69) is 9.97 Å². The summed E-state index contributed by atoms with van der Waals surface area (Å²) in [7, 11) is 0. The molecule has 8 nitrogen and oxygen atoms in total. The van der Waals surface area contributed by atoms with Crippen LogP contribution >= 0.6 is 0 Å². The van der Waals surface area contributed by atoms with Gasteiger partial charge in [-0.1, -0.05) is 30.3 Å². The number of carbonyl (C=O) groups excluding carboxylic acids is 1. The van der Waals surface area contributed by atoms with Crippen LogP contribution in [0, 0.1) is 0 Å². The number of carbonyl (C=O) groups is 1. The zero-order chi connectivity index (χ0) is 18.6. The number of oxazole rings is 1. The summed E-state index contributed by atoms with van der Waals surface area (Å²) < 4.78 is 11.8. The molecule has 1 aliphatic rings. The summed E-state index contributed by atoms with van der Waals surface area (Å²) in [5.74, 6) is 0.327. The largest absolute Gasteiger partial charge is 0.446 e. The number of amides is 1. The standard InChI is InChI=1S/C19H18N4O4/c24-18-15-11-22(19(25)27-12-17-20-7-9-26-17)8-6-16(15)21-13-23(18)10-14-4-2-1-3-5-14/h1-5,7,9,13H,6,8,10-12H2. The van der Waals surface area contributed by atoms with Crippen molar-refractivity contribution < 1.29 is 13.9 Å². The molecule has 0 saturated carbocycles. The van der Waals surface area contributed by atoms with Crippen LogP contribution in [0.4, 0.5) is 4.79 Å². The lowest BCUT2D eigenvalue weighted by atomic mass is 10.1. The summed E-state index contributed by atoms with van der Waals surface area (Å²) in [6, 6.07) is 9.70. The van der Waals surface area contributed by atoms with Gasteiger partial charge in [0.05, 0.1) is 36.9 Å². The van der Waals surface area contributed by atoms with E-state index in [0.29, 0.717) is 31.0 Å². The molecule has 0 unspecified atom stereocenters. The molecule has 2 aromatic heterocycles. The van der Waals surface area contributed by atoms with Crippen LogP contribution in [0.2, 0.25) is 0 Å². The number of rotatable bonds is 4. The lowest BCUT2D eigenvalue weighted by Crippen LogP contribution is -2.41. The average molecular weight is 366 g/mol. The number of hydrogen-bond donors (Lipinski definition) is 0. The molecule has 0 atom stereocenters. The molecule has 8 heteroatoms. The zero-order valence-corrected chi connectivity index (χ0v) is 14.6. The summed E-state index contributed by atoms with van der Waals surface area (Å²) in [5.41, 5.74) is 2.15. The molecule has 1 aromatic carbocycles. The normalized spacial score (nSPS) is 13.3. The minimum Gasteiger partial charge on any atom is -0.446 e. The maximum atomic E-state index is 12.8. The Balaban J connectivity index is 1.48. The minimum atomic E-state index is -0.503. The molecule has 1 amide bonds. The molecule has 27 heavy (non-hydrogen) atoms. The SMILES string of the molecule is O=C(OCc1ncco1)N1CCc2ncn(Cc3ccccc3)c(=O)c2C1. The maximum Gasteiger partial charge on any atom is 0.410 e. The Morgan fingerprint density at radius 2 is 2.07 bits per heavy atom. The van der Waals surface area contributed by atoms with E-state index in [4.69, 9.17) is 9.15 Å². The Morgan fingerprint density at radius 3 is 2.85 bits per heavy atom. The summed E-state index contributed by atoms with van der Waals surface area (Å²) >= 11 is 0. The lowest BCUT2D eigenvalue weighted by Gasteiger charge is -2.27. The number of nitrogens with zero attached hydrogens (tertiary/aromatic N) is 4. The molecule has 0 bridgehead atoms. The van der Waals surface area contributed by atoms with Crippen LogP contribution in [0.25, 0.3) is 0 Å². The quantitative estimate of drug-likeness (QED) is 0.701. The van der Waals surface area contributed by atoms with E-state index in [1.165, 1.54) is 17.4 Å². The van der Waals surface area contributed by atoms with E-state index >= 15 is 0 Å². The summed E-state index contributed by atoms with van der Waals surface area (Å²) in [4.78, 5) is 35.0. The topological polar surface area (TPSA) is 90.5 Å². The highest BCUT2D eigenvalue weighted by Gasteiger charge is 2.25. The van der Waals surface area contributed by atoms with Gasteiger partial charge in [-0.05, 0) is 5.56 Å². The molecule has 0 spiro atoms. The van der Waals surface area contributed by atoms with Gasteiger partial charge in [0, 0.05) is 13.0 Å². The number of hydrogen-bond acceptors (Lipinski definition) is 6. The molecule has 3 heterocycles. The van der Waals surface area contributed by atoms with Crippen molar-refractivity contribution in [2.24, 2.45) is 0 Å². The van der Waals surface area contributed by atoms with E-state index in [-0.39, 0.29) is 18.7 Å². The van der Waals surface area contributed by atoms with Crippen molar-refractivity contribution in [2.75, 3.05) is 6.54 Å². The third-order valence-corrected chi connectivity index (χ3v) is 4.44. The molecule has 3 aromatic rings. The van der Waals surface area contributed by atoms with E-state index in [1.807, 2.05) is 30.3 Å². The fourth-order valence-corrected chi connectivity index (χ4v) is 3.04. The Hall–Kier alpha value is -3.42. The van der Waals surface area contributed by atoms with Gasteiger partial charge >= 0.3 is 6.09 Å². The molecule has 0 saturated heterocycles. The summed E-state index contributed by atoms with van der Waals surface area (Å²) in [5, 5.41) is 0.